The smallest absolute Gasteiger partial charge is 0.0441 e. The summed E-state index contributed by atoms with van der Waals surface area (Å²) in [6.45, 7) is 5.51. The van der Waals surface area contributed by atoms with Gasteiger partial charge in [-0.25, -0.2) is 0 Å². The summed E-state index contributed by atoms with van der Waals surface area (Å²) in [7, 11) is 0. The van der Waals surface area contributed by atoms with Crippen molar-refractivity contribution in [3.05, 3.63) is 34.3 Å². The first-order chi connectivity index (χ1) is 8.15. The van der Waals surface area contributed by atoms with Crippen LogP contribution in [0.2, 0.25) is 5.02 Å². The lowest BCUT2D eigenvalue weighted by Gasteiger charge is -2.30. The summed E-state index contributed by atoms with van der Waals surface area (Å²) in [6.07, 6.45) is 6.13. The van der Waals surface area contributed by atoms with Crippen molar-refractivity contribution < 1.29 is 0 Å². The number of benzene rings is 1. The molecule has 17 heavy (non-hydrogen) atoms. The van der Waals surface area contributed by atoms with E-state index in [1.54, 1.807) is 0 Å². The summed E-state index contributed by atoms with van der Waals surface area (Å²) in [5.74, 6) is 0. The second kappa shape index (κ2) is 5.41. The molecule has 2 rings (SSSR count). The molecule has 0 aromatic heterocycles. The summed E-state index contributed by atoms with van der Waals surface area (Å²) in [6, 6.07) is 6.43. The van der Waals surface area contributed by atoms with Crippen LogP contribution in [-0.4, -0.2) is 12.1 Å². The molecule has 1 aliphatic rings. The highest BCUT2D eigenvalue weighted by Gasteiger charge is 2.32. The van der Waals surface area contributed by atoms with E-state index >= 15 is 0 Å². The van der Waals surface area contributed by atoms with Crippen LogP contribution in [0.4, 0.5) is 0 Å². The molecule has 1 fully saturated rings. The molecule has 1 unspecified atom stereocenters. The van der Waals surface area contributed by atoms with Crippen LogP contribution in [0.3, 0.4) is 0 Å². The Morgan fingerprint density at radius 2 is 2.24 bits per heavy atom. The molecule has 2 heteroatoms. The summed E-state index contributed by atoms with van der Waals surface area (Å²) in [5.41, 5.74) is 2.83. The van der Waals surface area contributed by atoms with Crippen molar-refractivity contribution in [2.24, 2.45) is 0 Å². The third-order valence-corrected chi connectivity index (χ3v) is 4.15. The largest absolute Gasteiger partial charge is 0.311 e. The Morgan fingerprint density at radius 1 is 1.41 bits per heavy atom. The maximum atomic E-state index is 6.34. The van der Waals surface area contributed by atoms with Gasteiger partial charge >= 0.3 is 0 Å². The van der Waals surface area contributed by atoms with E-state index in [4.69, 9.17) is 11.6 Å². The molecule has 1 N–H and O–H groups in total. The predicted octanol–water partition coefficient (Wildman–Crippen LogP) is 4.11. The van der Waals surface area contributed by atoms with Gasteiger partial charge in [-0.15, -0.1) is 0 Å². The number of halogens is 1. The average Bonchev–Trinajstić information content (AvgIpc) is 2.72. The minimum absolute atomic E-state index is 0.299. The lowest BCUT2D eigenvalue weighted by atomic mass is 9.85. The molecule has 1 nitrogen and oxygen atoms in total. The van der Waals surface area contributed by atoms with Crippen molar-refractivity contribution in [1.82, 2.24) is 5.32 Å². The van der Waals surface area contributed by atoms with Crippen molar-refractivity contribution in [3.63, 3.8) is 0 Å². The molecule has 0 spiro atoms. The lowest BCUT2D eigenvalue weighted by molar-refractivity contribution is 0.342. The molecule has 1 aromatic rings. The fourth-order valence-corrected chi connectivity index (χ4v) is 3.26. The average molecular weight is 252 g/mol. The topological polar surface area (TPSA) is 12.0 Å². The van der Waals surface area contributed by atoms with Gasteiger partial charge < -0.3 is 5.32 Å². The highest BCUT2D eigenvalue weighted by molar-refractivity contribution is 6.31. The molecular weight excluding hydrogens is 230 g/mol. The van der Waals surface area contributed by atoms with E-state index in [0.29, 0.717) is 5.54 Å². The fourth-order valence-electron chi connectivity index (χ4n) is 2.96. The van der Waals surface area contributed by atoms with E-state index in [-0.39, 0.29) is 0 Å². The van der Waals surface area contributed by atoms with Crippen LogP contribution in [0.5, 0.6) is 0 Å². The fraction of sp³-hybridized carbons (Fsp3) is 0.600. The van der Waals surface area contributed by atoms with E-state index in [0.717, 1.165) is 18.0 Å². The first-order valence-electron chi connectivity index (χ1n) is 6.65. The number of hydrogen-bond acceptors (Lipinski definition) is 1. The summed E-state index contributed by atoms with van der Waals surface area (Å²) in [4.78, 5) is 0. The Labute approximate surface area is 110 Å². The van der Waals surface area contributed by atoms with Gasteiger partial charge in [0.1, 0.15) is 0 Å². The van der Waals surface area contributed by atoms with Gasteiger partial charge in [0.15, 0.2) is 0 Å². The monoisotopic (exact) mass is 251 g/mol. The Balaban J connectivity index is 2.17. The zero-order valence-electron chi connectivity index (χ0n) is 10.9. The molecule has 1 atom stereocenters. The van der Waals surface area contributed by atoms with Gasteiger partial charge in [0, 0.05) is 10.6 Å². The van der Waals surface area contributed by atoms with Crippen molar-refractivity contribution in [1.29, 1.82) is 0 Å². The molecule has 0 bridgehead atoms. The summed E-state index contributed by atoms with van der Waals surface area (Å²) in [5, 5.41) is 4.63. The summed E-state index contributed by atoms with van der Waals surface area (Å²) < 4.78 is 0. The van der Waals surface area contributed by atoms with Crippen LogP contribution < -0.4 is 5.32 Å². The first-order valence-corrected chi connectivity index (χ1v) is 7.03. The standard InChI is InChI=1S/C15H22ClN/c1-3-7-15(8-4-9-17-15)11-13-6-5-12(2)10-14(13)16/h5-6,10,17H,3-4,7-9,11H2,1-2H3. The molecule has 1 saturated heterocycles. The third kappa shape index (κ3) is 3.02. The second-order valence-electron chi connectivity index (χ2n) is 5.33. The van der Waals surface area contributed by atoms with E-state index in [9.17, 15) is 0 Å². The molecule has 94 valence electrons. The summed E-state index contributed by atoms with van der Waals surface area (Å²) >= 11 is 6.34. The van der Waals surface area contributed by atoms with Gasteiger partial charge in [0.25, 0.3) is 0 Å². The molecule has 0 aliphatic carbocycles. The van der Waals surface area contributed by atoms with Crippen LogP contribution in [0.25, 0.3) is 0 Å². The SMILES string of the molecule is CCCC1(Cc2ccc(C)cc2Cl)CCCN1. The van der Waals surface area contributed by atoms with Crippen molar-refractivity contribution in [3.8, 4) is 0 Å². The highest BCUT2D eigenvalue weighted by atomic mass is 35.5. The Bertz CT molecular complexity index is 381. The van der Waals surface area contributed by atoms with E-state index in [1.807, 2.05) is 0 Å². The molecule has 0 amide bonds. The van der Waals surface area contributed by atoms with Gasteiger partial charge in [0.05, 0.1) is 0 Å². The molecule has 1 heterocycles. The van der Waals surface area contributed by atoms with Gasteiger partial charge in [-0.3, -0.25) is 0 Å². The van der Waals surface area contributed by atoms with Crippen LogP contribution in [0.1, 0.15) is 43.7 Å². The van der Waals surface area contributed by atoms with Crippen LogP contribution in [0.15, 0.2) is 18.2 Å². The minimum Gasteiger partial charge on any atom is -0.311 e. The Hall–Kier alpha value is -0.530. The first kappa shape index (κ1) is 12.9. The molecule has 1 aliphatic heterocycles. The van der Waals surface area contributed by atoms with Crippen molar-refractivity contribution in [2.45, 2.75) is 51.5 Å². The van der Waals surface area contributed by atoms with Gasteiger partial charge in [-0.05, 0) is 56.3 Å². The number of aryl methyl sites for hydroxylation is 1. The molecular formula is C15H22ClN. The van der Waals surface area contributed by atoms with E-state index < -0.39 is 0 Å². The van der Waals surface area contributed by atoms with Gasteiger partial charge in [-0.1, -0.05) is 37.1 Å². The quantitative estimate of drug-likeness (QED) is 0.849. The van der Waals surface area contributed by atoms with Crippen LogP contribution >= 0.6 is 11.6 Å². The minimum atomic E-state index is 0.299. The van der Waals surface area contributed by atoms with Crippen molar-refractivity contribution in [2.75, 3.05) is 6.54 Å². The van der Waals surface area contributed by atoms with Crippen molar-refractivity contribution >= 4 is 11.6 Å². The van der Waals surface area contributed by atoms with E-state index in [2.05, 4.69) is 37.4 Å². The molecule has 0 saturated carbocycles. The number of nitrogens with one attached hydrogen (secondary N) is 1. The number of hydrogen-bond donors (Lipinski definition) is 1. The maximum Gasteiger partial charge on any atom is 0.0441 e. The van der Waals surface area contributed by atoms with Crippen LogP contribution in [-0.2, 0) is 6.42 Å². The highest BCUT2D eigenvalue weighted by Crippen LogP contribution is 2.31. The maximum absolute atomic E-state index is 6.34. The molecule has 1 aromatic carbocycles. The predicted molar refractivity (Wildman–Crippen MR) is 74.8 cm³/mol. The normalized spacial score (nSPS) is 24.2. The van der Waals surface area contributed by atoms with Crippen LogP contribution in [0, 0.1) is 6.92 Å². The number of rotatable bonds is 4. The Morgan fingerprint density at radius 3 is 2.82 bits per heavy atom. The van der Waals surface area contributed by atoms with E-state index in [1.165, 1.54) is 36.8 Å². The molecule has 0 radical (unpaired) electrons. The lowest BCUT2D eigenvalue weighted by Crippen LogP contribution is -2.41. The zero-order valence-corrected chi connectivity index (χ0v) is 11.6. The van der Waals surface area contributed by atoms with Gasteiger partial charge in [0.2, 0.25) is 0 Å². The second-order valence-corrected chi connectivity index (χ2v) is 5.74. The third-order valence-electron chi connectivity index (χ3n) is 3.80. The zero-order chi connectivity index (χ0) is 12.3. The van der Waals surface area contributed by atoms with Gasteiger partial charge in [-0.2, -0.15) is 0 Å². The Kier molecular flexibility index (Phi) is 4.11.